The lowest BCUT2D eigenvalue weighted by atomic mass is 10.1. The average molecular weight is 252 g/mol. The zero-order valence-corrected chi connectivity index (χ0v) is 11.3. The number of H-pyrrole nitrogens is 2. The van der Waals surface area contributed by atoms with Gasteiger partial charge in [0.05, 0.1) is 0 Å². The fourth-order valence-electron chi connectivity index (χ4n) is 1.12. The lowest BCUT2D eigenvalue weighted by Crippen LogP contribution is -1.93. The van der Waals surface area contributed by atoms with Gasteiger partial charge in [-0.3, -0.25) is 0 Å². The van der Waals surface area contributed by atoms with Gasteiger partial charge in [-0.1, -0.05) is 38.1 Å². The van der Waals surface area contributed by atoms with Crippen LogP contribution < -0.4 is 0 Å². The van der Waals surface area contributed by atoms with Crippen LogP contribution in [0.15, 0.2) is 0 Å². The third-order valence-corrected chi connectivity index (χ3v) is 2.83. The van der Waals surface area contributed by atoms with Crippen LogP contribution in [0.5, 0.6) is 0 Å². The molecule has 2 aromatic rings. The molecule has 2 aromatic heterocycles. The molecule has 100 valence electrons. The molecular formula is C10H20N8. The molecule has 0 aliphatic rings. The number of hydrogen-bond acceptors (Lipinski definition) is 6. The summed E-state index contributed by atoms with van der Waals surface area (Å²) in [5.74, 6) is 2.45. The van der Waals surface area contributed by atoms with Crippen molar-refractivity contribution in [2.45, 2.75) is 52.4 Å². The maximum absolute atomic E-state index is 3.84. The molecule has 0 spiro atoms. The Hall–Kier alpha value is -1.86. The first-order chi connectivity index (χ1) is 8.69. The van der Waals surface area contributed by atoms with Crippen molar-refractivity contribution in [3.05, 3.63) is 11.6 Å². The Labute approximate surface area is 106 Å². The van der Waals surface area contributed by atoms with Crippen LogP contribution in [0, 0.1) is 0 Å². The smallest absolute Gasteiger partial charge is 0.177 e. The van der Waals surface area contributed by atoms with Gasteiger partial charge in [-0.2, -0.15) is 10.4 Å². The van der Waals surface area contributed by atoms with Crippen LogP contribution >= 0.6 is 0 Å². The highest BCUT2D eigenvalue weighted by Crippen LogP contribution is 2.11. The van der Waals surface area contributed by atoms with Gasteiger partial charge in [0.25, 0.3) is 0 Å². The first kappa shape index (κ1) is 14.2. The number of nitrogens with one attached hydrogen (secondary N) is 2. The van der Waals surface area contributed by atoms with Crippen molar-refractivity contribution in [1.29, 1.82) is 0 Å². The van der Waals surface area contributed by atoms with Crippen molar-refractivity contribution in [1.82, 2.24) is 41.2 Å². The number of rotatable bonds is 4. The van der Waals surface area contributed by atoms with E-state index in [9.17, 15) is 0 Å². The maximum Gasteiger partial charge on any atom is 0.177 e. The van der Waals surface area contributed by atoms with E-state index in [-0.39, 0.29) is 0 Å². The fourth-order valence-corrected chi connectivity index (χ4v) is 1.12. The molecular weight excluding hydrogens is 232 g/mol. The molecule has 18 heavy (non-hydrogen) atoms. The number of nitrogens with zero attached hydrogens (tertiary/aromatic N) is 6. The first-order valence-electron chi connectivity index (χ1n) is 6.15. The second-order valence-electron chi connectivity index (χ2n) is 4.16. The SMILES string of the molecule is CCC(C)c1nn[nH]n1.CCC(C)c1nn[nH]n1. The quantitative estimate of drug-likeness (QED) is 0.851. The van der Waals surface area contributed by atoms with Gasteiger partial charge in [0.2, 0.25) is 0 Å². The molecule has 8 heteroatoms. The third kappa shape index (κ3) is 4.19. The molecule has 0 fully saturated rings. The lowest BCUT2D eigenvalue weighted by molar-refractivity contribution is 0.680. The third-order valence-electron chi connectivity index (χ3n) is 2.83. The van der Waals surface area contributed by atoms with Gasteiger partial charge in [0.1, 0.15) is 0 Å². The summed E-state index contributed by atoms with van der Waals surface area (Å²) >= 11 is 0. The van der Waals surface area contributed by atoms with Crippen LogP contribution in [0.3, 0.4) is 0 Å². The van der Waals surface area contributed by atoms with Gasteiger partial charge in [-0.05, 0) is 12.8 Å². The summed E-state index contributed by atoms with van der Waals surface area (Å²) in [6.45, 7) is 8.34. The van der Waals surface area contributed by atoms with Crippen molar-refractivity contribution in [3.63, 3.8) is 0 Å². The maximum atomic E-state index is 3.84. The number of aromatic nitrogens is 8. The standard InChI is InChI=1S/2C5H10N4/c2*1-3-4(2)5-6-8-9-7-5/h2*4H,3H2,1-2H3,(H,6,7,8,9). The van der Waals surface area contributed by atoms with Gasteiger partial charge >= 0.3 is 0 Å². The Morgan fingerprint density at radius 2 is 1.22 bits per heavy atom. The Bertz CT molecular complexity index is 355. The Balaban J connectivity index is 0.000000180. The van der Waals surface area contributed by atoms with E-state index in [0.717, 1.165) is 24.5 Å². The molecule has 2 N–H and O–H groups in total. The highest BCUT2D eigenvalue weighted by Gasteiger charge is 2.06. The summed E-state index contributed by atoms with van der Waals surface area (Å²) in [7, 11) is 0. The zero-order chi connectivity index (χ0) is 13.4. The van der Waals surface area contributed by atoms with E-state index in [1.807, 2.05) is 0 Å². The molecule has 0 aliphatic heterocycles. The minimum Gasteiger partial charge on any atom is -0.177 e. The van der Waals surface area contributed by atoms with E-state index in [1.165, 1.54) is 0 Å². The highest BCUT2D eigenvalue weighted by molar-refractivity contribution is 4.86. The summed E-state index contributed by atoms with van der Waals surface area (Å²) in [5, 5.41) is 27.1. The van der Waals surface area contributed by atoms with Gasteiger partial charge in [0, 0.05) is 11.8 Å². The first-order valence-corrected chi connectivity index (χ1v) is 6.15. The minimum atomic E-state index is 0.420. The van der Waals surface area contributed by atoms with Crippen LogP contribution in [-0.2, 0) is 0 Å². The molecule has 0 saturated carbocycles. The van der Waals surface area contributed by atoms with Gasteiger partial charge in [-0.15, -0.1) is 20.4 Å². The van der Waals surface area contributed by atoms with E-state index in [2.05, 4.69) is 68.9 Å². The monoisotopic (exact) mass is 252 g/mol. The van der Waals surface area contributed by atoms with Gasteiger partial charge in [0.15, 0.2) is 11.6 Å². The molecule has 8 nitrogen and oxygen atoms in total. The Morgan fingerprint density at radius 1 is 0.833 bits per heavy atom. The van der Waals surface area contributed by atoms with Crippen molar-refractivity contribution in [2.75, 3.05) is 0 Å². The molecule has 0 radical (unpaired) electrons. The van der Waals surface area contributed by atoms with Crippen molar-refractivity contribution in [2.24, 2.45) is 0 Å². The number of aromatic amines is 2. The summed E-state index contributed by atoms with van der Waals surface area (Å²) in [4.78, 5) is 0. The van der Waals surface area contributed by atoms with Crippen LogP contribution in [-0.4, -0.2) is 41.2 Å². The molecule has 2 unspecified atom stereocenters. The molecule has 0 aromatic carbocycles. The largest absolute Gasteiger partial charge is 0.177 e. The molecule has 2 atom stereocenters. The topological polar surface area (TPSA) is 109 Å². The van der Waals surface area contributed by atoms with E-state index in [0.29, 0.717) is 11.8 Å². The van der Waals surface area contributed by atoms with Gasteiger partial charge < -0.3 is 0 Å². The zero-order valence-electron chi connectivity index (χ0n) is 11.3. The predicted molar refractivity (Wildman–Crippen MR) is 65.8 cm³/mol. The number of hydrogen-bond donors (Lipinski definition) is 2. The second-order valence-corrected chi connectivity index (χ2v) is 4.16. The summed E-state index contributed by atoms with van der Waals surface area (Å²) in [5.41, 5.74) is 0. The molecule has 0 amide bonds. The van der Waals surface area contributed by atoms with Crippen LogP contribution in [0.1, 0.15) is 64.0 Å². The predicted octanol–water partition coefficient (Wildman–Crippen LogP) is 1.43. The van der Waals surface area contributed by atoms with Crippen LogP contribution in [0.25, 0.3) is 0 Å². The number of tetrazole rings is 2. The molecule has 0 bridgehead atoms. The Morgan fingerprint density at radius 3 is 1.44 bits per heavy atom. The lowest BCUT2D eigenvalue weighted by Gasteiger charge is -1.97. The second kappa shape index (κ2) is 7.46. The van der Waals surface area contributed by atoms with Crippen molar-refractivity contribution >= 4 is 0 Å². The van der Waals surface area contributed by atoms with Crippen LogP contribution in [0.2, 0.25) is 0 Å². The average Bonchev–Trinajstić information content (AvgIpc) is 3.09. The van der Waals surface area contributed by atoms with Gasteiger partial charge in [-0.25, -0.2) is 0 Å². The fraction of sp³-hybridized carbons (Fsp3) is 0.800. The highest BCUT2D eigenvalue weighted by atomic mass is 15.5. The molecule has 0 aliphatic carbocycles. The van der Waals surface area contributed by atoms with E-state index < -0.39 is 0 Å². The van der Waals surface area contributed by atoms with Crippen molar-refractivity contribution in [3.8, 4) is 0 Å². The normalized spacial score (nSPS) is 13.6. The summed E-state index contributed by atoms with van der Waals surface area (Å²) in [6, 6.07) is 0. The van der Waals surface area contributed by atoms with E-state index in [4.69, 9.17) is 0 Å². The van der Waals surface area contributed by atoms with Crippen LogP contribution in [0.4, 0.5) is 0 Å². The molecule has 2 heterocycles. The summed E-state index contributed by atoms with van der Waals surface area (Å²) in [6.07, 6.45) is 2.11. The molecule has 2 rings (SSSR count). The Kier molecular flexibility index (Phi) is 5.89. The van der Waals surface area contributed by atoms with E-state index >= 15 is 0 Å². The summed E-state index contributed by atoms with van der Waals surface area (Å²) < 4.78 is 0. The minimum absolute atomic E-state index is 0.420. The van der Waals surface area contributed by atoms with Crippen molar-refractivity contribution < 1.29 is 0 Å². The molecule has 0 saturated heterocycles. The van der Waals surface area contributed by atoms with E-state index in [1.54, 1.807) is 0 Å².